The summed E-state index contributed by atoms with van der Waals surface area (Å²) in [6.07, 6.45) is 1.92. The number of hydrogen-bond acceptors (Lipinski definition) is 4. The Kier molecular flexibility index (Phi) is 3.58. The SMILES string of the molecule is CCCc1nc2cc3c(cc2n1Cc1cccc(C#N)c1)OCO3. The Morgan fingerprint density at radius 1 is 1.21 bits per heavy atom. The van der Waals surface area contributed by atoms with Crippen molar-refractivity contribution in [1.29, 1.82) is 5.26 Å². The van der Waals surface area contributed by atoms with E-state index in [1.165, 1.54) is 0 Å². The second kappa shape index (κ2) is 5.89. The summed E-state index contributed by atoms with van der Waals surface area (Å²) in [5.41, 5.74) is 3.71. The summed E-state index contributed by atoms with van der Waals surface area (Å²) < 4.78 is 13.2. The number of imidazole rings is 1. The van der Waals surface area contributed by atoms with Crippen molar-refractivity contribution in [1.82, 2.24) is 9.55 Å². The Labute approximate surface area is 140 Å². The lowest BCUT2D eigenvalue weighted by Crippen LogP contribution is -2.05. The van der Waals surface area contributed by atoms with E-state index in [-0.39, 0.29) is 6.79 Å². The maximum absolute atomic E-state index is 9.10. The molecule has 1 aliphatic heterocycles. The number of hydrogen-bond donors (Lipinski definition) is 0. The van der Waals surface area contributed by atoms with Crippen molar-refractivity contribution in [3.8, 4) is 17.6 Å². The molecule has 0 atom stereocenters. The largest absolute Gasteiger partial charge is 0.454 e. The maximum Gasteiger partial charge on any atom is 0.231 e. The molecule has 120 valence electrons. The maximum atomic E-state index is 9.10. The van der Waals surface area contributed by atoms with Crippen molar-refractivity contribution in [3.05, 3.63) is 53.3 Å². The molecule has 0 unspecified atom stereocenters. The van der Waals surface area contributed by atoms with Gasteiger partial charge in [-0.05, 0) is 24.1 Å². The Balaban J connectivity index is 1.82. The zero-order valence-electron chi connectivity index (χ0n) is 13.5. The summed E-state index contributed by atoms with van der Waals surface area (Å²) in [7, 11) is 0. The van der Waals surface area contributed by atoms with E-state index in [4.69, 9.17) is 19.7 Å². The van der Waals surface area contributed by atoms with Crippen molar-refractivity contribution < 1.29 is 9.47 Å². The number of benzene rings is 2. The minimum atomic E-state index is 0.258. The molecule has 0 radical (unpaired) electrons. The van der Waals surface area contributed by atoms with Gasteiger partial charge in [0.2, 0.25) is 6.79 Å². The monoisotopic (exact) mass is 319 g/mol. The van der Waals surface area contributed by atoms with Crippen LogP contribution in [0.4, 0.5) is 0 Å². The van der Waals surface area contributed by atoms with E-state index in [0.717, 1.165) is 46.8 Å². The quantitative estimate of drug-likeness (QED) is 0.736. The first-order chi connectivity index (χ1) is 11.8. The van der Waals surface area contributed by atoms with Gasteiger partial charge >= 0.3 is 0 Å². The standard InChI is InChI=1S/C19H17N3O2/c1-2-4-19-21-15-8-17-18(24-12-23-17)9-16(15)22(19)11-14-6-3-5-13(7-14)10-20/h3,5-9H,2,4,11-12H2,1H3. The Hall–Kier alpha value is -3.00. The minimum absolute atomic E-state index is 0.258. The highest BCUT2D eigenvalue weighted by molar-refractivity contribution is 5.81. The molecule has 0 aliphatic carbocycles. The van der Waals surface area contributed by atoms with Gasteiger partial charge in [0.1, 0.15) is 5.82 Å². The highest BCUT2D eigenvalue weighted by Crippen LogP contribution is 2.36. The van der Waals surface area contributed by atoms with Crippen LogP contribution in [-0.2, 0) is 13.0 Å². The van der Waals surface area contributed by atoms with Crippen LogP contribution in [0.5, 0.6) is 11.5 Å². The van der Waals surface area contributed by atoms with E-state index in [9.17, 15) is 0 Å². The van der Waals surface area contributed by atoms with Crippen LogP contribution >= 0.6 is 0 Å². The Bertz CT molecular complexity index is 953. The molecular formula is C19H17N3O2. The highest BCUT2D eigenvalue weighted by Gasteiger charge is 2.19. The van der Waals surface area contributed by atoms with E-state index < -0.39 is 0 Å². The number of nitriles is 1. The van der Waals surface area contributed by atoms with Gasteiger partial charge in [0.25, 0.3) is 0 Å². The molecule has 24 heavy (non-hydrogen) atoms. The van der Waals surface area contributed by atoms with Gasteiger partial charge in [0.05, 0.1) is 22.7 Å². The first-order valence-electron chi connectivity index (χ1n) is 8.06. The fourth-order valence-electron chi connectivity index (χ4n) is 3.08. The van der Waals surface area contributed by atoms with Crippen molar-refractivity contribution in [2.75, 3.05) is 6.79 Å². The summed E-state index contributed by atoms with van der Waals surface area (Å²) in [6, 6.07) is 13.8. The van der Waals surface area contributed by atoms with Gasteiger partial charge in [0.15, 0.2) is 11.5 Å². The minimum Gasteiger partial charge on any atom is -0.454 e. The summed E-state index contributed by atoms with van der Waals surface area (Å²) in [4.78, 5) is 4.78. The van der Waals surface area contributed by atoms with Crippen LogP contribution in [0, 0.1) is 11.3 Å². The molecule has 0 amide bonds. The van der Waals surface area contributed by atoms with Gasteiger partial charge in [-0.2, -0.15) is 5.26 Å². The summed E-state index contributed by atoms with van der Waals surface area (Å²) in [5.74, 6) is 2.55. The Morgan fingerprint density at radius 2 is 2.04 bits per heavy atom. The molecule has 2 aromatic carbocycles. The van der Waals surface area contributed by atoms with Gasteiger partial charge in [-0.25, -0.2) is 4.98 Å². The van der Waals surface area contributed by atoms with Gasteiger partial charge < -0.3 is 14.0 Å². The normalized spacial score (nSPS) is 12.5. The van der Waals surface area contributed by atoms with E-state index in [1.807, 2.05) is 36.4 Å². The number of rotatable bonds is 4. The lowest BCUT2D eigenvalue weighted by molar-refractivity contribution is 0.174. The fraction of sp³-hybridized carbons (Fsp3) is 0.263. The second-order valence-electron chi connectivity index (χ2n) is 5.87. The van der Waals surface area contributed by atoms with E-state index >= 15 is 0 Å². The number of ether oxygens (including phenoxy) is 2. The third kappa shape index (κ3) is 2.46. The molecule has 0 bridgehead atoms. The smallest absolute Gasteiger partial charge is 0.231 e. The molecule has 3 aromatic rings. The number of aryl methyl sites for hydroxylation is 1. The van der Waals surface area contributed by atoms with Crippen LogP contribution < -0.4 is 9.47 Å². The van der Waals surface area contributed by atoms with Crippen LogP contribution in [0.25, 0.3) is 11.0 Å². The van der Waals surface area contributed by atoms with Gasteiger partial charge in [-0.15, -0.1) is 0 Å². The van der Waals surface area contributed by atoms with Crippen LogP contribution in [0.1, 0.15) is 30.3 Å². The zero-order valence-corrected chi connectivity index (χ0v) is 13.5. The molecule has 0 saturated heterocycles. The highest BCUT2D eigenvalue weighted by atomic mass is 16.7. The molecule has 1 aliphatic rings. The molecule has 5 nitrogen and oxygen atoms in total. The van der Waals surface area contributed by atoms with Crippen molar-refractivity contribution in [3.63, 3.8) is 0 Å². The van der Waals surface area contributed by atoms with Crippen LogP contribution in [-0.4, -0.2) is 16.3 Å². The number of aromatic nitrogens is 2. The molecule has 0 spiro atoms. The fourth-order valence-corrected chi connectivity index (χ4v) is 3.08. The van der Waals surface area contributed by atoms with Crippen LogP contribution in [0.2, 0.25) is 0 Å². The molecule has 0 saturated carbocycles. The number of nitrogens with zero attached hydrogens (tertiary/aromatic N) is 3. The van der Waals surface area contributed by atoms with Gasteiger partial charge in [-0.3, -0.25) is 0 Å². The molecule has 2 heterocycles. The third-order valence-electron chi connectivity index (χ3n) is 4.19. The van der Waals surface area contributed by atoms with Crippen molar-refractivity contribution in [2.45, 2.75) is 26.3 Å². The lowest BCUT2D eigenvalue weighted by atomic mass is 10.1. The molecule has 0 fully saturated rings. The third-order valence-corrected chi connectivity index (χ3v) is 4.19. The van der Waals surface area contributed by atoms with Crippen molar-refractivity contribution >= 4 is 11.0 Å². The molecule has 1 aromatic heterocycles. The van der Waals surface area contributed by atoms with Crippen LogP contribution in [0.3, 0.4) is 0 Å². The van der Waals surface area contributed by atoms with Crippen LogP contribution in [0.15, 0.2) is 36.4 Å². The first-order valence-corrected chi connectivity index (χ1v) is 8.06. The van der Waals surface area contributed by atoms with E-state index in [2.05, 4.69) is 17.6 Å². The van der Waals surface area contributed by atoms with Crippen molar-refractivity contribution in [2.24, 2.45) is 0 Å². The molecule has 0 N–H and O–H groups in total. The molecule has 4 rings (SSSR count). The topological polar surface area (TPSA) is 60.1 Å². The zero-order chi connectivity index (χ0) is 16.5. The van der Waals surface area contributed by atoms with Gasteiger partial charge in [-0.1, -0.05) is 19.1 Å². The molecular weight excluding hydrogens is 302 g/mol. The Morgan fingerprint density at radius 3 is 2.83 bits per heavy atom. The summed E-state index contributed by atoms with van der Waals surface area (Å²) in [5, 5.41) is 9.10. The van der Waals surface area contributed by atoms with E-state index in [1.54, 1.807) is 0 Å². The summed E-state index contributed by atoms with van der Waals surface area (Å²) >= 11 is 0. The second-order valence-corrected chi connectivity index (χ2v) is 5.87. The predicted molar refractivity (Wildman–Crippen MR) is 90.1 cm³/mol. The molecule has 5 heteroatoms. The lowest BCUT2D eigenvalue weighted by Gasteiger charge is -2.09. The average Bonchev–Trinajstić information content (AvgIpc) is 3.18. The van der Waals surface area contributed by atoms with E-state index in [0.29, 0.717) is 12.1 Å². The average molecular weight is 319 g/mol. The van der Waals surface area contributed by atoms with Gasteiger partial charge in [0, 0.05) is 25.1 Å². The number of fused-ring (bicyclic) bond motifs is 2. The first kappa shape index (κ1) is 14.6. The summed E-state index contributed by atoms with van der Waals surface area (Å²) in [6.45, 7) is 3.08. The predicted octanol–water partition coefficient (Wildman–Crippen LogP) is 3.64.